The van der Waals surface area contributed by atoms with Gasteiger partial charge in [0.25, 0.3) is 0 Å². The first-order valence-corrected chi connectivity index (χ1v) is 12.4. The summed E-state index contributed by atoms with van der Waals surface area (Å²) in [6.45, 7) is 2.87. The van der Waals surface area contributed by atoms with Gasteiger partial charge in [-0.2, -0.15) is 16.7 Å². The molecule has 0 spiro atoms. The van der Waals surface area contributed by atoms with Gasteiger partial charge in [0, 0.05) is 35.2 Å². The van der Waals surface area contributed by atoms with Crippen LogP contribution >= 0.6 is 23.4 Å². The molecule has 2 aromatic carbocycles. The Kier molecular flexibility index (Phi) is 8.20. The molecule has 3 aromatic rings. The number of hydrogen-bond acceptors (Lipinski definition) is 6. The van der Waals surface area contributed by atoms with E-state index in [9.17, 15) is 4.79 Å². The average Bonchev–Trinajstić information content (AvgIpc) is 3.28. The maximum absolute atomic E-state index is 12.6. The molecule has 1 aromatic heterocycles. The first-order chi connectivity index (χ1) is 15.7. The minimum absolute atomic E-state index is 0.00167. The minimum atomic E-state index is -0.00167. The SMILES string of the molecule is O=C(NCCSCc1ccccc1)C1CCCN(Cc2nc(-c3cccc(Cl)c3)no2)C1. The Morgan fingerprint density at radius 2 is 2.09 bits per heavy atom. The molecule has 2 heterocycles. The Balaban J connectivity index is 1.20. The predicted octanol–water partition coefficient (Wildman–Crippen LogP) is 4.65. The lowest BCUT2D eigenvalue weighted by Gasteiger charge is -2.30. The van der Waals surface area contributed by atoms with Gasteiger partial charge >= 0.3 is 0 Å². The van der Waals surface area contributed by atoms with Crippen molar-refractivity contribution in [1.29, 1.82) is 0 Å². The molecule has 1 aliphatic heterocycles. The smallest absolute Gasteiger partial charge is 0.241 e. The number of halogens is 1. The van der Waals surface area contributed by atoms with Crippen LogP contribution in [0.5, 0.6) is 0 Å². The number of nitrogens with one attached hydrogen (secondary N) is 1. The van der Waals surface area contributed by atoms with E-state index in [-0.39, 0.29) is 11.8 Å². The Labute approximate surface area is 197 Å². The van der Waals surface area contributed by atoms with E-state index in [0.29, 0.717) is 36.4 Å². The normalized spacial score (nSPS) is 16.7. The van der Waals surface area contributed by atoms with Gasteiger partial charge in [0.1, 0.15) is 0 Å². The van der Waals surface area contributed by atoms with Crippen LogP contribution in [0.4, 0.5) is 0 Å². The highest BCUT2D eigenvalue weighted by molar-refractivity contribution is 7.98. The molecule has 1 N–H and O–H groups in total. The second-order valence-corrected chi connectivity index (χ2v) is 9.47. The third-order valence-electron chi connectivity index (χ3n) is 5.44. The van der Waals surface area contributed by atoms with Crippen LogP contribution in [-0.4, -0.2) is 46.3 Å². The predicted molar refractivity (Wildman–Crippen MR) is 128 cm³/mol. The summed E-state index contributed by atoms with van der Waals surface area (Å²) >= 11 is 7.89. The topological polar surface area (TPSA) is 71.3 Å². The monoisotopic (exact) mass is 470 g/mol. The van der Waals surface area contributed by atoms with Crippen LogP contribution in [0.25, 0.3) is 11.4 Å². The Morgan fingerprint density at radius 3 is 2.94 bits per heavy atom. The number of hydrogen-bond donors (Lipinski definition) is 1. The van der Waals surface area contributed by atoms with Crippen molar-refractivity contribution in [3.05, 3.63) is 71.1 Å². The molecule has 0 aliphatic carbocycles. The highest BCUT2D eigenvalue weighted by Gasteiger charge is 2.26. The minimum Gasteiger partial charge on any atom is -0.355 e. The van der Waals surface area contributed by atoms with Crippen molar-refractivity contribution in [2.24, 2.45) is 5.92 Å². The molecule has 6 nitrogen and oxygen atoms in total. The summed E-state index contributed by atoms with van der Waals surface area (Å²) in [6.07, 6.45) is 1.90. The molecular weight excluding hydrogens is 444 g/mol. The number of carbonyl (C=O) groups excluding carboxylic acids is 1. The molecule has 1 atom stereocenters. The van der Waals surface area contributed by atoms with E-state index in [1.54, 1.807) is 0 Å². The molecule has 0 radical (unpaired) electrons. The number of rotatable bonds is 9. The lowest BCUT2D eigenvalue weighted by molar-refractivity contribution is -0.126. The van der Waals surface area contributed by atoms with Crippen molar-refractivity contribution in [3.8, 4) is 11.4 Å². The number of likely N-dealkylation sites (tertiary alicyclic amines) is 1. The molecule has 1 saturated heterocycles. The maximum Gasteiger partial charge on any atom is 0.241 e. The zero-order valence-corrected chi connectivity index (χ0v) is 19.4. The van der Waals surface area contributed by atoms with Crippen molar-refractivity contribution in [3.63, 3.8) is 0 Å². The average molecular weight is 471 g/mol. The van der Waals surface area contributed by atoms with Crippen LogP contribution in [0.2, 0.25) is 5.02 Å². The molecule has 0 bridgehead atoms. The lowest BCUT2D eigenvalue weighted by Crippen LogP contribution is -2.43. The van der Waals surface area contributed by atoms with Gasteiger partial charge in [-0.3, -0.25) is 9.69 Å². The number of thioether (sulfide) groups is 1. The first-order valence-electron chi connectivity index (χ1n) is 10.9. The molecular formula is C24H27ClN4O2S. The first kappa shape index (κ1) is 22.8. The fourth-order valence-corrected chi connectivity index (χ4v) is 4.83. The van der Waals surface area contributed by atoms with Crippen LogP contribution in [-0.2, 0) is 17.1 Å². The third-order valence-corrected chi connectivity index (χ3v) is 6.71. The van der Waals surface area contributed by atoms with Crippen molar-refractivity contribution in [2.45, 2.75) is 25.1 Å². The Hall–Kier alpha value is -2.35. The molecule has 1 fully saturated rings. The fraction of sp³-hybridized carbons (Fsp3) is 0.375. The molecule has 1 amide bonds. The molecule has 1 unspecified atom stereocenters. The summed E-state index contributed by atoms with van der Waals surface area (Å²) in [7, 11) is 0. The van der Waals surface area contributed by atoms with E-state index in [2.05, 4.69) is 44.6 Å². The van der Waals surface area contributed by atoms with Crippen LogP contribution in [0.1, 0.15) is 24.3 Å². The second-order valence-electron chi connectivity index (χ2n) is 7.93. The number of carbonyl (C=O) groups is 1. The highest BCUT2D eigenvalue weighted by Crippen LogP contribution is 2.22. The van der Waals surface area contributed by atoms with Gasteiger partial charge in [-0.1, -0.05) is 59.2 Å². The van der Waals surface area contributed by atoms with Crippen LogP contribution in [0.3, 0.4) is 0 Å². The van der Waals surface area contributed by atoms with E-state index < -0.39 is 0 Å². The van der Waals surface area contributed by atoms with Crippen molar-refractivity contribution >= 4 is 29.3 Å². The zero-order chi connectivity index (χ0) is 22.2. The quantitative estimate of drug-likeness (QED) is 0.459. The summed E-state index contributed by atoms with van der Waals surface area (Å²) in [6, 6.07) is 17.8. The van der Waals surface area contributed by atoms with Gasteiger partial charge in [0.15, 0.2) is 0 Å². The number of aromatic nitrogens is 2. The van der Waals surface area contributed by atoms with Crippen LogP contribution < -0.4 is 5.32 Å². The molecule has 1 aliphatic rings. The van der Waals surface area contributed by atoms with Crippen LogP contribution in [0.15, 0.2) is 59.1 Å². The van der Waals surface area contributed by atoms with E-state index in [4.69, 9.17) is 16.1 Å². The Bertz CT molecular complexity index is 1010. The molecule has 0 saturated carbocycles. The zero-order valence-electron chi connectivity index (χ0n) is 17.9. The van der Waals surface area contributed by atoms with Gasteiger partial charge in [-0.15, -0.1) is 0 Å². The molecule has 32 heavy (non-hydrogen) atoms. The van der Waals surface area contributed by atoms with E-state index in [0.717, 1.165) is 36.5 Å². The van der Waals surface area contributed by atoms with E-state index in [1.165, 1.54) is 5.56 Å². The number of nitrogens with zero attached hydrogens (tertiary/aromatic N) is 3. The molecule has 168 valence electrons. The van der Waals surface area contributed by atoms with Crippen molar-refractivity contribution in [1.82, 2.24) is 20.4 Å². The van der Waals surface area contributed by atoms with Crippen molar-refractivity contribution in [2.75, 3.05) is 25.4 Å². The summed E-state index contributed by atoms with van der Waals surface area (Å²) in [4.78, 5) is 19.4. The molecule has 8 heteroatoms. The fourth-order valence-electron chi connectivity index (χ4n) is 3.82. The number of piperidine rings is 1. The summed E-state index contributed by atoms with van der Waals surface area (Å²) in [5.74, 6) is 3.10. The summed E-state index contributed by atoms with van der Waals surface area (Å²) in [5.41, 5.74) is 2.14. The standard InChI is InChI=1S/C24H27ClN4O2S/c25-21-10-4-8-19(14-21)23-27-22(31-28-23)16-29-12-5-9-20(15-29)24(30)26-11-13-32-17-18-6-2-1-3-7-18/h1-4,6-8,10,14,20H,5,9,11-13,15-17H2,(H,26,30). The van der Waals surface area contributed by atoms with Gasteiger partial charge in [-0.25, -0.2) is 0 Å². The van der Waals surface area contributed by atoms with E-state index in [1.807, 2.05) is 42.1 Å². The number of benzene rings is 2. The number of amides is 1. The maximum atomic E-state index is 12.6. The van der Waals surface area contributed by atoms with Crippen molar-refractivity contribution < 1.29 is 9.32 Å². The van der Waals surface area contributed by atoms with Crippen LogP contribution in [0, 0.1) is 5.92 Å². The molecule has 4 rings (SSSR count). The van der Waals surface area contributed by atoms with Gasteiger partial charge in [0.2, 0.25) is 17.6 Å². The lowest BCUT2D eigenvalue weighted by atomic mass is 9.97. The van der Waals surface area contributed by atoms with Gasteiger partial charge in [0.05, 0.1) is 12.5 Å². The summed E-state index contributed by atoms with van der Waals surface area (Å²) < 4.78 is 5.44. The third kappa shape index (κ3) is 6.58. The van der Waals surface area contributed by atoms with Gasteiger partial charge in [-0.05, 0) is 37.1 Å². The second kappa shape index (κ2) is 11.5. The largest absolute Gasteiger partial charge is 0.355 e. The van der Waals surface area contributed by atoms with E-state index >= 15 is 0 Å². The van der Waals surface area contributed by atoms with Gasteiger partial charge < -0.3 is 9.84 Å². The highest BCUT2D eigenvalue weighted by atomic mass is 35.5. The summed E-state index contributed by atoms with van der Waals surface area (Å²) in [5, 5.41) is 7.81. The Morgan fingerprint density at radius 1 is 1.22 bits per heavy atom.